The van der Waals surface area contributed by atoms with E-state index in [0.717, 1.165) is 18.2 Å². The van der Waals surface area contributed by atoms with Gasteiger partial charge in [0, 0.05) is 5.75 Å². The molecule has 1 aliphatic heterocycles. The Kier molecular flexibility index (Phi) is 3.38. The Labute approximate surface area is 104 Å². The Bertz CT molecular complexity index is 462. The molecule has 1 N–H and O–H groups in total. The molecule has 0 aromatic heterocycles. The summed E-state index contributed by atoms with van der Waals surface area (Å²) in [7, 11) is 0. The molecular formula is C12H14F2N2S. The highest BCUT2D eigenvalue weighted by Gasteiger charge is 2.29. The van der Waals surface area contributed by atoms with Gasteiger partial charge in [-0.2, -0.15) is 0 Å². The minimum Gasteiger partial charge on any atom is -0.332 e. The number of hydrogen-bond acceptors (Lipinski definition) is 3. The van der Waals surface area contributed by atoms with Crippen molar-refractivity contribution < 1.29 is 8.78 Å². The lowest BCUT2D eigenvalue weighted by atomic mass is 10.0. The number of benzene rings is 1. The summed E-state index contributed by atoms with van der Waals surface area (Å²) in [6.45, 7) is 4.12. The summed E-state index contributed by atoms with van der Waals surface area (Å²) < 4.78 is 26.4. The van der Waals surface area contributed by atoms with E-state index in [2.05, 4.69) is 24.2 Å². The third kappa shape index (κ3) is 2.60. The fraction of sp³-hybridized carbons (Fsp3) is 0.417. The molecule has 1 atom stereocenters. The zero-order chi connectivity index (χ0) is 12.5. The van der Waals surface area contributed by atoms with Crippen molar-refractivity contribution in [2.24, 2.45) is 4.99 Å². The van der Waals surface area contributed by atoms with Crippen molar-refractivity contribution in [3.05, 3.63) is 29.8 Å². The molecule has 1 unspecified atom stereocenters. The number of aliphatic imine (C=N–C) groups is 1. The molecule has 17 heavy (non-hydrogen) atoms. The molecule has 2 nitrogen and oxygen atoms in total. The summed E-state index contributed by atoms with van der Waals surface area (Å²) in [4.78, 5) is 4.48. The number of amidine groups is 1. The Balaban J connectivity index is 2.18. The van der Waals surface area contributed by atoms with Crippen molar-refractivity contribution in [3.8, 4) is 0 Å². The number of nitrogens with one attached hydrogen (secondary N) is 1. The average Bonchev–Trinajstić information content (AvgIpc) is 2.68. The van der Waals surface area contributed by atoms with Gasteiger partial charge in [-0.05, 0) is 25.5 Å². The lowest BCUT2D eigenvalue weighted by Crippen LogP contribution is -2.20. The molecule has 2 rings (SSSR count). The van der Waals surface area contributed by atoms with E-state index >= 15 is 0 Å². The molecule has 0 fully saturated rings. The van der Waals surface area contributed by atoms with E-state index in [4.69, 9.17) is 0 Å². The highest BCUT2D eigenvalue weighted by Crippen LogP contribution is 2.31. The first-order valence-corrected chi connectivity index (χ1v) is 6.46. The van der Waals surface area contributed by atoms with Gasteiger partial charge in [-0.25, -0.2) is 8.78 Å². The molecule has 0 saturated carbocycles. The number of anilines is 1. The van der Waals surface area contributed by atoms with E-state index in [0.29, 0.717) is 5.17 Å². The van der Waals surface area contributed by atoms with Crippen LogP contribution in [0.25, 0.3) is 0 Å². The second kappa shape index (κ2) is 4.64. The van der Waals surface area contributed by atoms with Crippen LogP contribution in [-0.2, 0) is 0 Å². The van der Waals surface area contributed by atoms with Gasteiger partial charge in [-0.1, -0.05) is 24.8 Å². The van der Waals surface area contributed by atoms with Gasteiger partial charge < -0.3 is 5.32 Å². The van der Waals surface area contributed by atoms with E-state index in [9.17, 15) is 8.78 Å². The standard InChI is InChI=1S/C12H14F2N2S/c1-3-12(2)7-17-11(16-12)15-9-6-4-5-8(13)10(9)14/h4-6H,3,7H2,1-2H3,(H,15,16). The van der Waals surface area contributed by atoms with Crippen molar-refractivity contribution in [2.75, 3.05) is 11.1 Å². The maximum absolute atomic E-state index is 13.4. The van der Waals surface area contributed by atoms with Gasteiger partial charge in [0.2, 0.25) is 0 Å². The predicted molar refractivity (Wildman–Crippen MR) is 68.6 cm³/mol. The number of halogens is 2. The molecule has 0 amide bonds. The van der Waals surface area contributed by atoms with Crippen LogP contribution in [0, 0.1) is 11.6 Å². The van der Waals surface area contributed by atoms with Gasteiger partial charge in [0.05, 0.1) is 11.2 Å². The quantitative estimate of drug-likeness (QED) is 0.873. The van der Waals surface area contributed by atoms with Gasteiger partial charge in [-0.15, -0.1) is 0 Å². The van der Waals surface area contributed by atoms with E-state index in [1.807, 2.05) is 0 Å². The van der Waals surface area contributed by atoms with Crippen molar-refractivity contribution in [2.45, 2.75) is 25.8 Å². The van der Waals surface area contributed by atoms with Crippen LogP contribution in [0.4, 0.5) is 14.5 Å². The van der Waals surface area contributed by atoms with Crippen molar-refractivity contribution in [1.82, 2.24) is 0 Å². The Morgan fingerprint density at radius 1 is 1.47 bits per heavy atom. The third-order valence-corrected chi connectivity index (χ3v) is 4.08. The smallest absolute Gasteiger partial charge is 0.182 e. The molecule has 0 aliphatic carbocycles. The summed E-state index contributed by atoms with van der Waals surface area (Å²) in [5, 5.41) is 3.49. The van der Waals surface area contributed by atoms with Crippen LogP contribution >= 0.6 is 11.8 Å². The van der Waals surface area contributed by atoms with Crippen LogP contribution in [0.15, 0.2) is 23.2 Å². The van der Waals surface area contributed by atoms with Crippen LogP contribution in [-0.4, -0.2) is 16.5 Å². The third-order valence-electron chi connectivity index (χ3n) is 2.85. The number of rotatable bonds is 2. The monoisotopic (exact) mass is 256 g/mol. The van der Waals surface area contributed by atoms with E-state index in [-0.39, 0.29) is 11.2 Å². The second-order valence-electron chi connectivity index (χ2n) is 4.28. The van der Waals surface area contributed by atoms with Crippen LogP contribution < -0.4 is 5.32 Å². The van der Waals surface area contributed by atoms with E-state index < -0.39 is 11.6 Å². The number of thioether (sulfide) groups is 1. The van der Waals surface area contributed by atoms with Gasteiger partial charge in [0.1, 0.15) is 0 Å². The van der Waals surface area contributed by atoms with Crippen molar-refractivity contribution in [3.63, 3.8) is 0 Å². The van der Waals surface area contributed by atoms with Crippen LogP contribution in [0.5, 0.6) is 0 Å². The summed E-state index contributed by atoms with van der Waals surface area (Å²) in [5.41, 5.74) is 0.0353. The normalized spacial score (nSPS) is 23.6. The molecule has 5 heteroatoms. The first-order valence-electron chi connectivity index (χ1n) is 5.48. The first-order chi connectivity index (χ1) is 8.04. The summed E-state index contributed by atoms with van der Waals surface area (Å²) in [6, 6.07) is 4.07. The fourth-order valence-corrected chi connectivity index (χ4v) is 2.68. The van der Waals surface area contributed by atoms with Gasteiger partial charge in [-0.3, -0.25) is 4.99 Å². The molecule has 1 heterocycles. The molecule has 0 saturated heterocycles. The largest absolute Gasteiger partial charge is 0.332 e. The van der Waals surface area contributed by atoms with Crippen molar-refractivity contribution >= 4 is 22.6 Å². The second-order valence-corrected chi connectivity index (χ2v) is 5.25. The molecule has 0 bridgehead atoms. The summed E-state index contributed by atoms with van der Waals surface area (Å²) >= 11 is 1.53. The van der Waals surface area contributed by atoms with Crippen molar-refractivity contribution in [1.29, 1.82) is 0 Å². The van der Waals surface area contributed by atoms with Gasteiger partial charge in [0.25, 0.3) is 0 Å². The van der Waals surface area contributed by atoms with Gasteiger partial charge in [0.15, 0.2) is 16.8 Å². The Morgan fingerprint density at radius 3 is 2.88 bits per heavy atom. The van der Waals surface area contributed by atoms with E-state index in [1.165, 1.54) is 23.9 Å². The van der Waals surface area contributed by atoms with Crippen LogP contribution in [0.3, 0.4) is 0 Å². The fourth-order valence-electron chi connectivity index (χ4n) is 1.49. The first kappa shape index (κ1) is 12.4. The molecular weight excluding hydrogens is 242 g/mol. The molecule has 92 valence electrons. The van der Waals surface area contributed by atoms with Crippen LogP contribution in [0.1, 0.15) is 20.3 Å². The van der Waals surface area contributed by atoms with Crippen LogP contribution in [0.2, 0.25) is 0 Å². The maximum Gasteiger partial charge on any atom is 0.182 e. The minimum atomic E-state index is -0.860. The molecule has 1 aromatic rings. The predicted octanol–water partition coefficient (Wildman–Crippen LogP) is 3.65. The highest BCUT2D eigenvalue weighted by atomic mass is 32.2. The topological polar surface area (TPSA) is 24.4 Å². The zero-order valence-electron chi connectivity index (χ0n) is 9.76. The van der Waals surface area contributed by atoms with E-state index in [1.54, 1.807) is 0 Å². The molecule has 1 aromatic carbocycles. The minimum absolute atomic E-state index is 0.100. The lowest BCUT2D eigenvalue weighted by Gasteiger charge is -2.15. The zero-order valence-corrected chi connectivity index (χ0v) is 10.6. The molecule has 0 spiro atoms. The average molecular weight is 256 g/mol. The summed E-state index contributed by atoms with van der Waals surface area (Å²) in [6.07, 6.45) is 0.927. The summed E-state index contributed by atoms with van der Waals surface area (Å²) in [5.74, 6) is -0.847. The Hall–Kier alpha value is -1.10. The Morgan fingerprint density at radius 2 is 2.24 bits per heavy atom. The van der Waals surface area contributed by atoms with Gasteiger partial charge >= 0.3 is 0 Å². The number of hydrogen-bond donors (Lipinski definition) is 1. The highest BCUT2D eigenvalue weighted by molar-refractivity contribution is 8.14. The SMILES string of the molecule is CCC1(C)CSC(Nc2cccc(F)c2F)=N1. The molecule has 1 aliphatic rings. The maximum atomic E-state index is 13.4. The lowest BCUT2D eigenvalue weighted by molar-refractivity contribution is 0.511. The number of nitrogens with zero attached hydrogens (tertiary/aromatic N) is 1. The molecule has 0 radical (unpaired) electrons.